The summed E-state index contributed by atoms with van der Waals surface area (Å²) in [7, 11) is 0. The Kier molecular flexibility index (Phi) is 3.85. The third-order valence-electron chi connectivity index (χ3n) is 2.56. The first kappa shape index (κ1) is 12.5. The minimum absolute atomic E-state index is 0.288. The zero-order valence-electron chi connectivity index (χ0n) is 9.56. The van der Waals surface area contributed by atoms with Crippen molar-refractivity contribution in [3.63, 3.8) is 0 Å². The van der Waals surface area contributed by atoms with Gasteiger partial charge in [0, 0.05) is 6.54 Å². The van der Waals surface area contributed by atoms with Gasteiger partial charge in [-0.15, -0.1) is 0 Å². The molecule has 0 radical (unpaired) electrons. The summed E-state index contributed by atoms with van der Waals surface area (Å²) in [6.07, 6.45) is 0. The minimum Gasteiger partial charge on any atom is -0.478 e. The number of carboxylic acid groups (broad SMARTS) is 1. The third-order valence-corrected chi connectivity index (χ3v) is 2.89. The molecule has 0 fully saturated rings. The number of aromatic carboxylic acids is 1. The summed E-state index contributed by atoms with van der Waals surface area (Å²) in [5, 5.41) is 12.7. The van der Waals surface area contributed by atoms with E-state index in [1.807, 2.05) is 24.3 Å². The summed E-state index contributed by atoms with van der Waals surface area (Å²) in [6.45, 7) is 0.601. The summed E-state index contributed by atoms with van der Waals surface area (Å²) in [6, 6.07) is 14.2. The molecule has 4 heteroatoms. The molecule has 0 amide bonds. The first-order chi connectivity index (χ1) is 8.66. The van der Waals surface area contributed by atoms with Crippen molar-refractivity contribution in [3.8, 4) is 0 Å². The van der Waals surface area contributed by atoms with Crippen LogP contribution in [0, 0.1) is 0 Å². The van der Waals surface area contributed by atoms with Crippen LogP contribution in [0.4, 0.5) is 5.69 Å². The van der Waals surface area contributed by atoms with Gasteiger partial charge in [-0.3, -0.25) is 0 Å². The van der Waals surface area contributed by atoms with Gasteiger partial charge < -0.3 is 10.4 Å². The third kappa shape index (κ3) is 3.02. The first-order valence-electron chi connectivity index (χ1n) is 5.47. The highest BCUT2D eigenvalue weighted by molar-refractivity contribution is 6.33. The average molecular weight is 262 g/mol. The number of hydrogen-bond donors (Lipinski definition) is 2. The van der Waals surface area contributed by atoms with Crippen molar-refractivity contribution in [2.75, 3.05) is 5.32 Å². The fourth-order valence-electron chi connectivity index (χ4n) is 1.57. The number of anilines is 1. The molecule has 0 aliphatic carbocycles. The van der Waals surface area contributed by atoms with E-state index in [1.165, 1.54) is 0 Å². The Bertz CT molecular complexity index is 552. The maximum Gasteiger partial charge on any atom is 0.335 e. The zero-order chi connectivity index (χ0) is 13.0. The van der Waals surface area contributed by atoms with E-state index in [4.69, 9.17) is 16.7 Å². The van der Waals surface area contributed by atoms with Gasteiger partial charge in [-0.25, -0.2) is 4.79 Å². The second-order valence-electron chi connectivity index (χ2n) is 3.84. The molecule has 18 heavy (non-hydrogen) atoms. The molecule has 2 N–H and O–H groups in total. The second-order valence-corrected chi connectivity index (χ2v) is 4.24. The molecule has 0 aliphatic rings. The van der Waals surface area contributed by atoms with Gasteiger partial charge in [-0.05, 0) is 29.8 Å². The maximum atomic E-state index is 10.7. The lowest BCUT2D eigenvalue weighted by atomic mass is 10.1. The Morgan fingerprint density at radius 2 is 1.78 bits per heavy atom. The number of hydrogen-bond acceptors (Lipinski definition) is 2. The SMILES string of the molecule is O=C(O)c1ccc(CNc2ccccc2Cl)cc1. The number of carboxylic acids is 1. The van der Waals surface area contributed by atoms with Crippen LogP contribution in [0.1, 0.15) is 15.9 Å². The highest BCUT2D eigenvalue weighted by Gasteiger charge is 2.02. The van der Waals surface area contributed by atoms with Gasteiger partial charge >= 0.3 is 5.97 Å². The van der Waals surface area contributed by atoms with Crippen LogP contribution in [-0.2, 0) is 6.54 Å². The summed E-state index contributed by atoms with van der Waals surface area (Å²) >= 11 is 6.02. The van der Waals surface area contributed by atoms with Gasteiger partial charge in [0.05, 0.1) is 16.3 Å². The predicted octanol–water partition coefficient (Wildman–Crippen LogP) is 3.65. The van der Waals surface area contributed by atoms with E-state index in [0.29, 0.717) is 11.6 Å². The van der Waals surface area contributed by atoms with Crippen LogP contribution in [0.3, 0.4) is 0 Å². The molecule has 92 valence electrons. The molecule has 2 rings (SSSR count). The molecule has 0 saturated heterocycles. The lowest BCUT2D eigenvalue weighted by molar-refractivity contribution is 0.0697. The van der Waals surface area contributed by atoms with Crippen LogP contribution < -0.4 is 5.32 Å². The number of para-hydroxylation sites is 1. The molecule has 0 aliphatic heterocycles. The van der Waals surface area contributed by atoms with E-state index in [2.05, 4.69) is 5.32 Å². The largest absolute Gasteiger partial charge is 0.478 e. The van der Waals surface area contributed by atoms with Crippen molar-refractivity contribution in [1.82, 2.24) is 0 Å². The molecule has 0 bridgehead atoms. The van der Waals surface area contributed by atoms with Crippen LogP contribution >= 0.6 is 11.6 Å². The van der Waals surface area contributed by atoms with Crippen molar-refractivity contribution in [3.05, 3.63) is 64.7 Å². The Labute approximate surface area is 110 Å². The first-order valence-corrected chi connectivity index (χ1v) is 5.85. The topological polar surface area (TPSA) is 49.3 Å². The summed E-state index contributed by atoms with van der Waals surface area (Å²) in [5.41, 5.74) is 2.15. The van der Waals surface area contributed by atoms with Crippen molar-refractivity contribution < 1.29 is 9.90 Å². The molecule has 0 spiro atoms. The molecule has 0 atom stereocenters. The Hall–Kier alpha value is -2.00. The quantitative estimate of drug-likeness (QED) is 0.883. The van der Waals surface area contributed by atoms with Gasteiger partial charge in [0.2, 0.25) is 0 Å². The predicted molar refractivity (Wildman–Crippen MR) is 72.2 cm³/mol. The average Bonchev–Trinajstić information content (AvgIpc) is 2.38. The molecular weight excluding hydrogens is 250 g/mol. The highest BCUT2D eigenvalue weighted by Crippen LogP contribution is 2.21. The normalized spacial score (nSPS) is 10.1. The molecule has 2 aromatic rings. The van der Waals surface area contributed by atoms with Crippen LogP contribution in [0.15, 0.2) is 48.5 Å². The Morgan fingerprint density at radius 3 is 2.39 bits per heavy atom. The van der Waals surface area contributed by atoms with Crippen LogP contribution in [0.25, 0.3) is 0 Å². The van der Waals surface area contributed by atoms with E-state index in [9.17, 15) is 4.79 Å². The van der Waals surface area contributed by atoms with Crippen molar-refractivity contribution in [1.29, 1.82) is 0 Å². The van der Waals surface area contributed by atoms with Crippen molar-refractivity contribution in [2.45, 2.75) is 6.54 Å². The lowest BCUT2D eigenvalue weighted by Gasteiger charge is -2.08. The fourth-order valence-corrected chi connectivity index (χ4v) is 1.77. The molecule has 0 heterocycles. The van der Waals surface area contributed by atoms with E-state index in [1.54, 1.807) is 24.3 Å². The van der Waals surface area contributed by atoms with Gasteiger partial charge in [0.15, 0.2) is 0 Å². The number of benzene rings is 2. The number of halogens is 1. The zero-order valence-corrected chi connectivity index (χ0v) is 10.3. The van der Waals surface area contributed by atoms with Crippen LogP contribution in [-0.4, -0.2) is 11.1 Å². The molecule has 3 nitrogen and oxygen atoms in total. The number of carbonyl (C=O) groups is 1. The van der Waals surface area contributed by atoms with Crippen molar-refractivity contribution in [2.24, 2.45) is 0 Å². The standard InChI is InChI=1S/C14H12ClNO2/c15-12-3-1-2-4-13(12)16-9-10-5-7-11(8-6-10)14(17)18/h1-8,16H,9H2,(H,17,18). The smallest absolute Gasteiger partial charge is 0.335 e. The Balaban J connectivity index is 2.02. The minimum atomic E-state index is -0.916. The van der Waals surface area contributed by atoms with Crippen LogP contribution in [0.5, 0.6) is 0 Å². The molecule has 0 saturated carbocycles. The Morgan fingerprint density at radius 1 is 1.11 bits per heavy atom. The maximum absolute atomic E-state index is 10.7. The molecule has 0 aromatic heterocycles. The van der Waals surface area contributed by atoms with E-state index in [0.717, 1.165) is 11.3 Å². The highest BCUT2D eigenvalue weighted by atomic mass is 35.5. The summed E-state index contributed by atoms with van der Waals surface area (Å²) < 4.78 is 0. The van der Waals surface area contributed by atoms with Gasteiger partial charge in [0.1, 0.15) is 0 Å². The molecule has 2 aromatic carbocycles. The van der Waals surface area contributed by atoms with Gasteiger partial charge in [-0.1, -0.05) is 35.9 Å². The number of rotatable bonds is 4. The monoisotopic (exact) mass is 261 g/mol. The molecule has 0 unspecified atom stereocenters. The van der Waals surface area contributed by atoms with E-state index < -0.39 is 5.97 Å². The van der Waals surface area contributed by atoms with E-state index >= 15 is 0 Å². The van der Waals surface area contributed by atoms with Gasteiger partial charge in [-0.2, -0.15) is 0 Å². The number of nitrogens with one attached hydrogen (secondary N) is 1. The van der Waals surface area contributed by atoms with Crippen molar-refractivity contribution >= 4 is 23.3 Å². The van der Waals surface area contributed by atoms with E-state index in [-0.39, 0.29) is 5.56 Å². The lowest BCUT2D eigenvalue weighted by Crippen LogP contribution is -2.01. The van der Waals surface area contributed by atoms with Gasteiger partial charge in [0.25, 0.3) is 0 Å². The summed E-state index contributed by atoms with van der Waals surface area (Å²) in [4.78, 5) is 10.7. The molecular formula is C14H12ClNO2. The fraction of sp³-hybridized carbons (Fsp3) is 0.0714. The second kappa shape index (κ2) is 5.56. The van der Waals surface area contributed by atoms with Crippen LogP contribution in [0.2, 0.25) is 5.02 Å². The summed E-state index contributed by atoms with van der Waals surface area (Å²) in [5.74, 6) is -0.916.